The van der Waals surface area contributed by atoms with E-state index in [2.05, 4.69) is 20.6 Å². The summed E-state index contributed by atoms with van der Waals surface area (Å²) in [7, 11) is 7.09. The number of hydrogen-bond donors (Lipinski definition) is 2. The SMILES string of the molecule is COc1cc(OC)cc(C(=O)NC2CCC(Nc3cc(N(C)C)nc(C)n3)CC2)c1. The summed E-state index contributed by atoms with van der Waals surface area (Å²) in [5.41, 5.74) is 0.541. The zero-order valence-corrected chi connectivity index (χ0v) is 18.4. The van der Waals surface area contributed by atoms with Gasteiger partial charge in [0.2, 0.25) is 0 Å². The molecular formula is C22H31N5O3. The molecular weight excluding hydrogens is 382 g/mol. The maximum atomic E-state index is 12.7. The molecule has 30 heavy (non-hydrogen) atoms. The zero-order valence-electron chi connectivity index (χ0n) is 18.4. The molecule has 1 aromatic carbocycles. The minimum Gasteiger partial charge on any atom is -0.497 e. The summed E-state index contributed by atoms with van der Waals surface area (Å²) in [6.45, 7) is 1.90. The Hall–Kier alpha value is -3.03. The van der Waals surface area contributed by atoms with E-state index in [4.69, 9.17) is 9.47 Å². The van der Waals surface area contributed by atoms with Crippen LogP contribution in [0.5, 0.6) is 11.5 Å². The van der Waals surface area contributed by atoms with Gasteiger partial charge >= 0.3 is 0 Å². The van der Waals surface area contributed by atoms with E-state index in [0.717, 1.165) is 43.1 Å². The van der Waals surface area contributed by atoms with Crippen molar-refractivity contribution < 1.29 is 14.3 Å². The Morgan fingerprint density at radius 1 is 0.967 bits per heavy atom. The second-order valence-electron chi connectivity index (χ2n) is 7.82. The number of nitrogens with one attached hydrogen (secondary N) is 2. The Morgan fingerprint density at radius 3 is 2.13 bits per heavy atom. The van der Waals surface area contributed by atoms with Crippen LogP contribution in [0.15, 0.2) is 24.3 Å². The highest BCUT2D eigenvalue weighted by Crippen LogP contribution is 2.25. The van der Waals surface area contributed by atoms with Crippen LogP contribution in [0.1, 0.15) is 41.9 Å². The highest BCUT2D eigenvalue weighted by atomic mass is 16.5. The predicted molar refractivity (Wildman–Crippen MR) is 118 cm³/mol. The van der Waals surface area contributed by atoms with Crippen LogP contribution in [0.25, 0.3) is 0 Å². The normalized spacial score (nSPS) is 18.4. The van der Waals surface area contributed by atoms with E-state index in [-0.39, 0.29) is 11.9 Å². The number of rotatable bonds is 7. The molecule has 1 aromatic heterocycles. The van der Waals surface area contributed by atoms with Crippen LogP contribution in [-0.2, 0) is 0 Å². The number of ether oxygens (including phenoxy) is 2. The second-order valence-corrected chi connectivity index (χ2v) is 7.82. The Kier molecular flexibility index (Phi) is 6.97. The third kappa shape index (κ3) is 5.52. The number of carbonyl (C=O) groups is 1. The van der Waals surface area contributed by atoms with Gasteiger partial charge in [-0.3, -0.25) is 4.79 Å². The summed E-state index contributed by atoms with van der Waals surface area (Å²) < 4.78 is 10.5. The molecule has 1 fully saturated rings. The first kappa shape index (κ1) is 21.7. The molecule has 0 aliphatic heterocycles. The Morgan fingerprint density at radius 2 is 1.57 bits per heavy atom. The third-order valence-electron chi connectivity index (χ3n) is 5.31. The van der Waals surface area contributed by atoms with Gasteiger partial charge in [0, 0.05) is 43.9 Å². The number of aromatic nitrogens is 2. The summed E-state index contributed by atoms with van der Waals surface area (Å²) in [6, 6.07) is 7.66. The zero-order chi connectivity index (χ0) is 21.7. The van der Waals surface area contributed by atoms with Gasteiger partial charge in [0.25, 0.3) is 5.91 Å². The van der Waals surface area contributed by atoms with E-state index >= 15 is 0 Å². The topological polar surface area (TPSA) is 88.6 Å². The summed E-state index contributed by atoms with van der Waals surface area (Å²) in [6.07, 6.45) is 3.75. The standard InChI is InChI=1S/C22H31N5O3/c1-14-23-20(13-21(24-14)27(2)3)25-16-6-8-17(9-7-16)26-22(28)15-10-18(29-4)12-19(11-15)30-5/h10-13,16-17H,6-9H2,1-5H3,(H,26,28)(H,23,24,25). The van der Waals surface area contributed by atoms with Gasteiger partial charge in [-0.25, -0.2) is 9.97 Å². The van der Waals surface area contributed by atoms with Crippen molar-refractivity contribution in [3.63, 3.8) is 0 Å². The summed E-state index contributed by atoms with van der Waals surface area (Å²) in [5.74, 6) is 3.58. The van der Waals surface area contributed by atoms with Gasteiger partial charge in [0.15, 0.2) is 0 Å². The van der Waals surface area contributed by atoms with Crippen molar-refractivity contribution in [2.75, 3.05) is 38.5 Å². The predicted octanol–water partition coefficient (Wildman–Crippen LogP) is 3.02. The first-order valence-corrected chi connectivity index (χ1v) is 10.2. The Balaban J connectivity index is 1.55. The van der Waals surface area contributed by atoms with Crippen molar-refractivity contribution >= 4 is 17.5 Å². The van der Waals surface area contributed by atoms with Crippen molar-refractivity contribution in [2.45, 2.75) is 44.7 Å². The Labute approximate surface area is 178 Å². The van der Waals surface area contributed by atoms with Crippen molar-refractivity contribution in [3.05, 3.63) is 35.7 Å². The number of nitrogens with zero attached hydrogens (tertiary/aromatic N) is 3. The molecule has 8 heteroatoms. The summed E-state index contributed by atoms with van der Waals surface area (Å²) >= 11 is 0. The lowest BCUT2D eigenvalue weighted by molar-refractivity contribution is 0.0926. The van der Waals surface area contributed by atoms with Crippen LogP contribution in [0.3, 0.4) is 0 Å². The number of anilines is 2. The number of methoxy groups -OCH3 is 2. The number of carbonyl (C=O) groups excluding carboxylic acids is 1. The van der Waals surface area contributed by atoms with Crippen molar-refractivity contribution in [2.24, 2.45) is 0 Å². The first-order valence-electron chi connectivity index (χ1n) is 10.2. The highest BCUT2D eigenvalue weighted by molar-refractivity contribution is 5.95. The maximum Gasteiger partial charge on any atom is 0.251 e. The van der Waals surface area contributed by atoms with Crippen molar-refractivity contribution in [3.8, 4) is 11.5 Å². The number of hydrogen-bond acceptors (Lipinski definition) is 7. The van der Waals surface area contributed by atoms with Gasteiger partial charge in [0.05, 0.1) is 14.2 Å². The van der Waals surface area contributed by atoms with Crippen molar-refractivity contribution in [1.29, 1.82) is 0 Å². The minimum atomic E-state index is -0.106. The molecule has 0 spiro atoms. The lowest BCUT2D eigenvalue weighted by Crippen LogP contribution is -2.40. The molecule has 2 aromatic rings. The van der Waals surface area contributed by atoms with E-state index < -0.39 is 0 Å². The fourth-order valence-corrected chi connectivity index (χ4v) is 3.65. The van der Waals surface area contributed by atoms with Gasteiger partial charge in [-0.15, -0.1) is 0 Å². The van der Waals surface area contributed by atoms with Crippen molar-refractivity contribution in [1.82, 2.24) is 15.3 Å². The molecule has 0 radical (unpaired) electrons. The molecule has 1 amide bonds. The van der Waals surface area contributed by atoms with Gasteiger partial charge in [0.1, 0.15) is 29.0 Å². The van der Waals surface area contributed by atoms with Crippen LogP contribution >= 0.6 is 0 Å². The molecule has 0 atom stereocenters. The largest absolute Gasteiger partial charge is 0.497 e. The molecule has 1 heterocycles. The van der Waals surface area contributed by atoms with E-state index in [1.165, 1.54) is 0 Å². The lowest BCUT2D eigenvalue weighted by atomic mass is 9.91. The fourth-order valence-electron chi connectivity index (χ4n) is 3.65. The molecule has 8 nitrogen and oxygen atoms in total. The van der Waals surface area contributed by atoms with Crippen LogP contribution in [0, 0.1) is 6.92 Å². The average Bonchev–Trinajstić information content (AvgIpc) is 2.74. The van der Waals surface area contributed by atoms with Gasteiger partial charge < -0.3 is 25.0 Å². The highest BCUT2D eigenvalue weighted by Gasteiger charge is 2.23. The van der Waals surface area contributed by atoms with Crippen LogP contribution in [-0.4, -0.2) is 56.3 Å². The summed E-state index contributed by atoms with van der Waals surface area (Å²) in [5, 5.41) is 6.67. The number of aryl methyl sites for hydroxylation is 1. The smallest absolute Gasteiger partial charge is 0.251 e. The monoisotopic (exact) mass is 413 g/mol. The quantitative estimate of drug-likeness (QED) is 0.721. The third-order valence-corrected chi connectivity index (χ3v) is 5.31. The molecule has 2 N–H and O–H groups in total. The maximum absolute atomic E-state index is 12.7. The molecule has 0 bridgehead atoms. The van der Waals surface area contributed by atoms with E-state index in [9.17, 15) is 4.79 Å². The van der Waals surface area contributed by atoms with E-state index in [0.29, 0.717) is 23.1 Å². The van der Waals surface area contributed by atoms with Gasteiger partial charge in [-0.2, -0.15) is 0 Å². The van der Waals surface area contributed by atoms with Crippen LogP contribution < -0.4 is 25.0 Å². The molecule has 162 valence electrons. The van der Waals surface area contributed by atoms with E-state index in [1.54, 1.807) is 32.4 Å². The Bertz CT molecular complexity index is 857. The number of amides is 1. The molecule has 0 saturated heterocycles. The molecule has 1 aliphatic rings. The molecule has 1 aliphatic carbocycles. The molecule has 1 saturated carbocycles. The fraction of sp³-hybridized carbons (Fsp3) is 0.500. The first-order chi connectivity index (χ1) is 14.4. The molecule has 3 rings (SSSR count). The van der Waals surface area contributed by atoms with E-state index in [1.807, 2.05) is 32.0 Å². The van der Waals surface area contributed by atoms with Crippen LogP contribution in [0.2, 0.25) is 0 Å². The summed E-state index contributed by atoms with van der Waals surface area (Å²) in [4.78, 5) is 23.6. The lowest BCUT2D eigenvalue weighted by Gasteiger charge is -2.30. The van der Waals surface area contributed by atoms with Gasteiger partial charge in [-0.05, 0) is 44.7 Å². The molecule has 0 unspecified atom stereocenters. The minimum absolute atomic E-state index is 0.106. The van der Waals surface area contributed by atoms with Gasteiger partial charge in [-0.1, -0.05) is 0 Å². The average molecular weight is 414 g/mol. The second kappa shape index (κ2) is 9.65. The number of benzene rings is 1. The van der Waals surface area contributed by atoms with Crippen LogP contribution in [0.4, 0.5) is 11.6 Å².